The fourth-order valence-electron chi connectivity index (χ4n) is 2.60. The first-order chi connectivity index (χ1) is 8.24. The highest BCUT2D eigenvalue weighted by atomic mass is 19.1. The van der Waals surface area contributed by atoms with E-state index in [-0.39, 0.29) is 5.82 Å². The average molecular weight is 235 g/mol. The third-order valence-corrected chi connectivity index (χ3v) is 3.83. The third kappa shape index (κ3) is 2.62. The summed E-state index contributed by atoms with van der Waals surface area (Å²) in [6.45, 7) is 6.35. The van der Waals surface area contributed by atoms with Crippen LogP contribution in [0.1, 0.15) is 51.0 Å². The number of benzene rings is 1. The summed E-state index contributed by atoms with van der Waals surface area (Å²) in [4.78, 5) is 2.24. The maximum absolute atomic E-state index is 14.1. The molecule has 0 bridgehead atoms. The minimum atomic E-state index is -0.0512. The van der Waals surface area contributed by atoms with E-state index in [1.54, 1.807) is 6.07 Å². The molecule has 1 atom stereocenters. The Morgan fingerprint density at radius 3 is 2.59 bits per heavy atom. The van der Waals surface area contributed by atoms with Crippen molar-refractivity contribution in [3.63, 3.8) is 0 Å². The van der Waals surface area contributed by atoms with Gasteiger partial charge in [-0.15, -0.1) is 0 Å². The fourth-order valence-corrected chi connectivity index (χ4v) is 2.60. The van der Waals surface area contributed by atoms with E-state index < -0.39 is 0 Å². The molecular weight excluding hydrogens is 213 g/mol. The molecule has 2 rings (SSSR count). The Labute approximate surface area is 104 Å². The summed E-state index contributed by atoms with van der Waals surface area (Å²) in [6, 6.07) is 5.52. The van der Waals surface area contributed by atoms with Crippen LogP contribution in [0.25, 0.3) is 0 Å². The normalized spacial score (nSPS) is 18.2. The van der Waals surface area contributed by atoms with E-state index in [2.05, 4.69) is 24.8 Å². The van der Waals surface area contributed by atoms with Gasteiger partial charge in [-0.1, -0.05) is 26.0 Å². The third-order valence-electron chi connectivity index (χ3n) is 3.83. The summed E-state index contributed by atoms with van der Waals surface area (Å²) >= 11 is 0. The lowest BCUT2D eigenvalue weighted by Crippen LogP contribution is -2.31. The molecule has 0 aliphatic carbocycles. The van der Waals surface area contributed by atoms with Gasteiger partial charge >= 0.3 is 0 Å². The van der Waals surface area contributed by atoms with Crippen LogP contribution in [-0.2, 0) is 0 Å². The van der Waals surface area contributed by atoms with Crippen LogP contribution in [0, 0.1) is 5.82 Å². The van der Waals surface area contributed by atoms with Crippen molar-refractivity contribution in [2.45, 2.75) is 45.4 Å². The van der Waals surface area contributed by atoms with Gasteiger partial charge in [0.25, 0.3) is 0 Å². The number of piperidine rings is 1. The summed E-state index contributed by atoms with van der Waals surface area (Å²) < 4.78 is 14.1. The number of para-hydroxylation sites is 1. The highest BCUT2D eigenvalue weighted by molar-refractivity contribution is 5.56. The first-order valence-corrected chi connectivity index (χ1v) is 6.77. The largest absolute Gasteiger partial charge is 0.369 e. The molecule has 1 nitrogen and oxygen atoms in total. The molecule has 1 aliphatic rings. The van der Waals surface area contributed by atoms with Gasteiger partial charge in [-0.25, -0.2) is 4.39 Å². The lowest BCUT2D eigenvalue weighted by Gasteiger charge is -2.32. The monoisotopic (exact) mass is 235 g/mol. The van der Waals surface area contributed by atoms with Crippen molar-refractivity contribution in [3.05, 3.63) is 29.6 Å². The first-order valence-electron chi connectivity index (χ1n) is 6.77. The van der Waals surface area contributed by atoms with Crippen LogP contribution in [0.2, 0.25) is 0 Å². The number of hydrogen-bond acceptors (Lipinski definition) is 1. The average Bonchev–Trinajstić information content (AvgIpc) is 2.38. The van der Waals surface area contributed by atoms with Crippen LogP contribution < -0.4 is 4.90 Å². The number of anilines is 1. The molecule has 0 N–H and O–H groups in total. The van der Waals surface area contributed by atoms with Gasteiger partial charge in [-0.2, -0.15) is 0 Å². The number of halogens is 1. The predicted molar refractivity (Wildman–Crippen MR) is 71.2 cm³/mol. The van der Waals surface area contributed by atoms with Crippen molar-refractivity contribution < 1.29 is 4.39 Å². The Balaban J connectivity index is 2.35. The van der Waals surface area contributed by atoms with E-state index in [0.29, 0.717) is 5.92 Å². The number of nitrogens with zero attached hydrogens (tertiary/aromatic N) is 1. The van der Waals surface area contributed by atoms with Crippen molar-refractivity contribution in [3.8, 4) is 0 Å². The second-order valence-corrected chi connectivity index (χ2v) is 5.03. The quantitative estimate of drug-likeness (QED) is 0.753. The van der Waals surface area contributed by atoms with Crippen molar-refractivity contribution in [1.82, 2.24) is 0 Å². The maximum Gasteiger partial charge on any atom is 0.146 e. The molecule has 2 heteroatoms. The molecule has 0 amide bonds. The van der Waals surface area contributed by atoms with Crippen molar-refractivity contribution >= 4 is 5.69 Å². The highest BCUT2D eigenvalue weighted by Crippen LogP contribution is 2.33. The van der Waals surface area contributed by atoms with Crippen molar-refractivity contribution in [2.24, 2.45) is 0 Å². The van der Waals surface area contributed by atoms with Crippen LogP contribution in [0.5, 0.6) is 0 Å². The first kappa shape index (κ1) is 12.4. The Morgan fingerprint density at radius 2 is 1.94 bits per heavy atom. The molecule has 94 valence electrons. The molecule has 17 heavy (non-hydrogen) atoms. The molecule has 1 heterocycles. The van der Waals surface area contributed by atoms with Gasteiger partial charge in [-0.3, -0.25) is 0 Å². The van der Waals surface area contributed by atoms with E-state index in [1.165, 1.54) is 24.8 Å². The van der Waals surface area contributed by atoms with E-state index in [1.807, 2.05) is 6.07 Å². The van der Waals surface area contributed by atoms with Gasteiger partial charge in [0.2, 0.25) is 0 Å². The van der Waals surface area contributed by atoms with Gasteiger partial charge < -0.3 is 4.90 Å². The van der Waals surface area contributed by atoms with Gasteiger partial charge in [0.1, 0.15) is 5.82 Å². The summed E-state index contributed by atoms with van der Waals surface area (Å²) in [6.07, 6.45) is 4.72. The molecule has 1 aromatic carbocycles. The second-order valence-electron chi connectivity index (χ2n) is 5.03. The molecule has 1 fully saturated rings. The Hall–Kier alpha value is -1.05. The van der Waals surface area contributed by atoms with E-state index in [9.17, 15) is 4.39 Å². The molecule has 0 saturated carbocycles. The molecule has 1 aliphatic heterocycles. The van der Waals surface area contributed by atoms with E-state index in [4.69, 9.17) is 0 Å². The lowest BCUT2D eigenvalue weighted by molar-refractivity contribution is 0.551. The second kappa shape index (κ2) is 5.52. The zero-order valence-corrected chi connectivity index (χ0v) is 10.9. The summed E-state index contributed by atoms with van der Waals surface area (Å²) in [5, 5.41) is 0. The Morgan fingerprint density at radius 1 is 1.24 bits per heavy atom. The van der Waals surface area contributed by atoms with Crippen LogP contribution in [0.15, 0.2) is 18.2 Å². The molecule has 0 radical (unpaired) electrons. The van der Waals surface area contributed by atoms with Crippen molar-refractivity contribution in [2.75, 3.05) is 18.0 Å². The minimum Gasteiger partial charge on any atom is -0.369 e. The minimum absolute atomic E-state index is 0.0512. The van der Waals surface area contributed by atoms with Gasteiger partial charge in [0, 0.05) is 13.1 Å². The standard InChI is InChI=1S/C15H22FN/c1-3-12(2)13-8-7-9-14(16)15(13)17-10-5-4-6-11-17/h7-9,12H,3-6,10-11H2,1-2H3. The number of hydrogen-bond donors (Lipinski definition) is 0. The maximum atomic E-state index is 14.1. The van der Waals surface area contributed by atoms with Gasteiger partial charge in [-0.05, 0) is 43.2 Å². The fraction of sp³-hybridized carbons (Fsp3) is 0.600. The van der Waals surface area contributed by atoms with Crippen LogP contribution in [0.3, 0.4) is 0 Å². The topological polar surface area (TPSA) is 3.24 Å². The molecule has 1 unspecified atom stereocenters. The predicted octanol–water partition coefficient (Wildman–Crippen LogP) is 4.33. The molecule has 1 aromatic rings. The summed E-state index contributed by atoms with van der Waals surface area (Å²) in [7, 11) is 0. The SMILES string of the molecule is CCC(C)c1cccc(F)c1N1CCCCC1. The van der Waals surface area contributed by atoms with Gasteiger partial charge in [0.05, 0.1) is 5.69 Å². The molecular formula is C15H22FN. The zero-order valence-electron chi connectivity index (χ0n) is 10.9. The number of rotatable bonds is 3. The Kier molecular flexibility index (Phi) is 4.03. The van der Waals surface area contributed by atoms with Crippen LogP contribution in [0.4, 0.5) is 10.1 Å². The molecule has 1 saturated heterocycles. The van der Waals surface area contributed by atoms with E-state index in [0.717, 1.165) is 25.2 Å². The van der Waals surface area contributed by atoms with Crippen molar-refractivity contribution in [1.29, 1.82) is 0 Å². The molecule has 0 aromatic heterocycles. The lowest BCUT2D eigenvalue weighted by atomic mass is 9.95. The van der Waals surface area contributed by atoms with E-state index >= 15 is 0 Å². The molecule has 0 spiro atoms. The smallest absolute Gasteiger partial charge is 0.146 e. The summed E-state index contributed by atoms with van der Waals surface area (Å²) in [5.74, 6) is 0.382. The highest BCUT2D eigenvalue weighted by Gasteiger charge is 2.20. The summed E-state index contributed by atoms with van der Waals surface area (Å²) in [5.41, 5.74) is 2.04. The van der Waals surface area contributed by atoms with Crippen LogP contribution >= 0.6 is 0 Å². The van der Waals surface area contributed by atoms with Crippen LogP contribution in [-0.4, -0.2) is 13.1 Å². The Bertz CT molecular complexity index is 369. The zero-order chi connectivity index (χ0) is 12.3. The van der Waals surface area contributed by atoms with Gasteiger partial charge in [0.15, 0.2) is 0 Å².